The smallest absolute Gasteiger partial charge is 0.255 e. The number of carbonyl (C=O) groups excluding carboxylic acids is 1. The van der Waals surface area contributed by atoms with E-state index in [0.717, 1.165) is 18.7 Å². The molecule has 0 unspecified atom stereocenters. The van der Waals surface area contributed by atoms with Gasteiger partial charge in [0.05, 0.1) is 17.9 Å². The van der Waals surface area contributed by atoms with Gasteiger partial charge in [-0.05, 0) is 31.0 Å². The number of furan rings is 1. The number of benzene rings is 1. The first-order chi connectivity index (χ1) is 10.8. The Morgan fingerprint density at radius 1 is 1.41 bits per heavy atom. The molecule has 22 heavy (non-hydrogen) atoms. The van der Waals surface area contributed by atoms with E-state index >= 15 is 0 Å². The standard InChI is InChI=1S/C16H14FN3O2/c17-12-4-3-11(10-5-9-22-14(10)12)16(21)20-8-1-2-13(20)15-18-6-7-19-15/h3-7,9,13H,1-2,8H2,(H,18,19)/t13-/m0/s1. The van der Waals surface area contributed by atoms with Crippen LogP contribution >= 0.6 is 0 Å². The van der Waals surface area contributed by atoms with Crippen molar-refractivity contribution in [3.8, 4) is 0 Å². The number of nitrogens with one attached hydrogen (secondary N) is 1. The monoisotopic (exact) mass is 299 g/mol. The molecule has 1 aromatic carbocycles. The maximum atomic E-state index is 13.7. The first-order valence-corrected chi connectivity index (χ1v) is 7.21. The van der Waals surface area contributed by atoms with Crippen molar-refractivity contribution in [2.45, 2.75) is 18.9 Å². The molecule has 1 N–H and O–H groups in total. The number of nitrogens with zero attached hydrogens (tertiary/aromatic N) is 2. The molecule has 0 saturated carbocycles. The Morgan fingerprint density at radius 3 is 3.14 bits per heavy atom. The number of hydrogen-bond donors (Lipinski definition) is 1. The SMILES string of the molecule is O=C(c1ccc(F)c2occc12)N1CCC[C@H]1c1ncc[nH]1. The number of fused-ring (bicyclic) bond motifs is 1. The predicted octanol–water partition coefficient (Wildman–Crippen LogP) is 3.27. The Morgan fingerprint density at radius 2 is 2.32 bits per heavy atom. The number of imidazole rings is 1. The first kappa shape index (κ1) is 13.1. The van der Waals surface area contributed by atoms with Gasteiger partial charge in [0.25, 0.3) is 5.91 Å². The Balaban J connectivity index is 1.74. The maximum absolute atomic E-state index is 13.7. The van der Waals surface area contributed by atoms with Gasteiger partial charge in [0.2, 0.25) is 0 Å². The lowest BCUT2D eigenvalue weighted by Gasteiger charge is -2.23. The summed E-state index contributed by atoms with van der Waals surface area (Å²) in [6, 6.07) is 4.36. The molecule has 1 atom stereocenters. The average Bonchev–Trinajstić information content (AvgIpc) is 3.26. The molecular formula is C16H14FN3O2. The van der Waals surface area contributed by atoms with Crippen molar-refractivity contribution in [3.63, 3.8) is 0 Å². The van der Waals surface area contributed by atoms with Crippen molar-refractivity contribution >= 4 is 16.9 Å². The molecule has 3 heterocycles. The normalized spacial score (nSPS) is 18.2. The zero-order valence-corrected chi connectivity index (χ0v) is 11.8. The van der Waals surface area contributed by atoms with E-state index in [2.05, 4.69) is 9.97 Å². The lowest BCUT2D eigenvalue weighted by molar-refractivity contribution is 0.0732. The number of amides is 1. The summed E-state index contributed by atoms with van der Waals surface area (Å²) in [5, 5.41) is 0.509. The van der Waals surface area contributed by atoms with Crippen molar-refractivity contribution in [1.29, 1.82) is 0 Å². The predicted molar refractivity (Wildman–Crippen MR) is 77.8 cm³/mol. The number of carbonyl (C=O) groups is 1. The summed E-state index contributed by atoms with van der Waals surface area (Å²) in [7, 11) is 0. The van der Waals surface area contributed by atoms with Crippen LogP contribution < -0.4 is 0 Å². The van der Waals surface area contributed by atoms with Gasteiger partial charge in [-0.25, -0.2) is 9.37 Å². The molecular weight excluding hydrogens is 285 g/mol. The van der Waals surface area contributed by atoms with E-state index in [4.69, 9.17) is 4.42 Å². The number of aromatic nitrogens is 2. The molecule has 1 amide bonds. The summed E-state index contributed by atoms with van der Waals surface area (Å²) < 4.78 is 18.8. The van der Waals surface area contributed by atoms with Crippen LogP contribution in [0.5, 0.6) is 0 Å². The van der Waals surface area contributed by atoms with Crippen molar-refractivity contribution in [3.05, 3.63) is 54.1 Å². The Labute approximate surface area is 125 Å². The fourth-order valence-electron chi connectivity index (χ4n) is 3.12. The summed E-state index contributed by atoms with van der Waals surface area (Å²) >= 11 is 0. The third-order valence-corrected chi connectivity index (χ3v) is 4.15. The number of H-pyrrole nitrogens is 1. The van der Waals surface area contributed by atoms with E-state index in [1.165, 1.54) is 18.4 Å². The number of aromatic amines is 1. The zero-order chi connectivity index (χ0) is 15.1. The van der Waals surface area contributed by atoms with Crippen LogP contribution in [0.25, 0.3) is 11.0 Å². The molecule has 0 aliphatic carbocycles. The number of hydrogen-bond acceptors (Lipinski definition) is 3. The largest absolute Gasteiger partial charge is 0.461 e. The van der Waals surface area contributed by atoms with Crippen molar-refractivity contribution in [1.82, 2.24) is 14.9 Å². The fraction of sp³-hybridized carbons (Fsp3) is 0.250. The van der Waals surface area contributed by atoms with Crippen LogP contribution in [-0.4, -0.2) is 27.3 Å². The van der Waals surface area contributed by atoms with Crippen LogP contribution in [0.3, 0.4) is 0 Å². The van der Waals surface area contributed by atoms with Crippen molar-refractivity contribution in [2.75, 3.05) is 6.54 Å². The first-order valence-electron chi connectivity index (χ1n) is 7.21. The van der Waals surface area contributed by atoms with Gasteiger partial charge in [0, 0.05) is 24.3 Å². The molecule has 4 rings (SSSR count). The third kappa shape index (κ3) is 1.91. The molecule has 0 bridgehead atoms. The van der Waals surface area contributed by atoms with Crippen LogP contribution in [-0.2, 0) is 0 Å². The quantitative estimate of drug-likeness (QED) is 0.790. The molecule has 0 spiro atoms. The Bertz CT molecular complexity index is 825. The van der Waals surface area contributed by atoms with Crippen LogP contribution in [0, 0.1) is 5.82 Å². The second kappa shape index (κ2) is 4.98. The van der Waals surface area contributed by atoms with E-state index < -0.39 is 5.82 Å². The van der Waals surface area contributed by atoms with Crippen LogP contribution in [0.4, 0.5) is 4.39 Å². The molecule has 1 fully saturated rings. The highest BCUT2D eigenvalue weighted by atomic mass is 19.1. The van der Waals surface area contributed by atoms with Crippen LogP contribution in [0.15, 0.2) is 41.3 Å². The summed E-state index contributed by atoms with van der Waals surface area (Å²) in [6.45, 7) is 0.668. The van der Waals surface area contributed by atoms with E-state index in [9.17, 15) is 9.18 Å². The van der Waals surface area contributed by atoms with Gasteiger partial charge >= 0.3 is 0 Å². The third-order valence-electron chi connectivity index (χ3n) is 4.15. The second-order valence-corrected chi connectivity index (χ2v) is 5.39. The van der Waals surface area contributed by atoms with Gasteiger partial charge in [0.15, 0.2) is 11.4 Å². The molecule has 1 aliphatic rings. The second-order valence-electron chi connectivity index (χ2n) is 5.39. The van der Waals surface area contributed by atoms with Gasteiger partial charge in [-0.2, -0.15) is 0 Å². The van der Waals surface area contributed by atoms with E-state index in [0.29, 0.717) is 17.5 Å². The Kier molecular flexibility index (Phi) is 2.96. The fourth-order valence-corrected chi connectivity index (χ4v) is 3.12. The average molecular weight is 299 g/mol. The molecule has 112 valence electrons. The van der Waals surface area contributed by atoms with E-state index in [-0.39, 0.29) is 17.5 Å². The maximum Gasteiger partial charge on any atom is 0.255 e. The molecule has 2 aromatic heterocycles. The molecule has 6 heteroatoms. The highest BCUT2D eigenvalue weighted by Crippen LogP contribution is 2.33. The number of rotatable bonds is 2. The Hall–Kier alpha value is -2.63. The van der Waals surface area contributed by atoms with Crippen molar-refractivity contribution < 1.29 is 13.6 Å². The van der Waals surface area contributed by atoms with Crippen LogP contribution in [0.2, 0.25) is 0 Å². The van der Waals surface area contributed by atoms with Crippen LogP contribution in [0.1, 0.15) is 35.1 Å². The van der Waals surface area contributed by atoms with E-state index in [1.54, 1.807) is 23.4 Å². The van der Waals surface area contributed by atoms with Crippen molar-refractivity contribution in [2.24, 2.45) is 0 Å². The minimum absolute atomic E-state index is 0.0606. The molecule has 0 radical (unpaired) electrons. The summed E-state index contributed by atoms with van der Waals surface area (Å²) in [5.74, 6) is 0.210. The molecule has 1 aliphatic heterocycles. The molecule has 3 aromatic rings. The van der Waals surface area contributed by atoms with Gasteiger partial charge in [0.1, 0.15) is 5.82 Å². The van der Waals surface area contributed by atoms with Gasteiger partial charge in [-0.3, -0.25) is 4.79 Å². The lowest BCUT2D eigenvalue weighted by Crippen LogP contribution is -2.31. The van der Waals surface area contributed by atoms with Gasteiger partial charge in [-0.15, -0.1) is 0 Å². The zero-order valence-electron chi connectivity index (χ0n) is 11.8. The minimum atomic E-state index is -0.458. The lowest BCUT2D eigenvalue weighted by atomic mass is 10.1. The molecule has 1 saturated heterocycles. The van der Waals surface area contributed by atoms with Gasteiger partial charge < -0.3 is 14.3 Å². The summed E-state index contributed by atoms with van der Waals surface area (Å²) in [5.41, 5.74) is 0.586. The highest BCUT2D eigenvalue weighted by molar-refractivity contribution is 6.06. The minimum Gasteiger partial charge on any atom is -0.461 e. The van der Waals surface area contributed by atoms with Gasteiger partial charge in [-0.1, -0.05) is 0 Å². The highest BCUT2D eigenvalue weighted by Gasteiger charge is 2.33. The summed E-state index contributed by atoms with van der Waals surface area (Å²) in [4.78, 5) is 22.0. The topological polar surface area (TPSA) is 62.1 Å². The number of halogens is 1. The molecule has 5 nitrogen and oxygen atoms in total. The van der Waals surface area contributed by atoms with E-state index in [1.807, 2.05) is 0 Å². The number of likely N-dealkylation sites (tertiary alicyclic amines) is 1. The summed E-state index contributed by atoms with van der Waals surface area (Å²) in [6.07, 6.45) is 6.63.